The molecule has 1 unspecified atom stereocenters. The SMILES string of the molecule is CN=C(NCc1ccccc1OC)NCC(Cc1ccccc1)N(C)C.I. The molecule has 2 N–H and O–H groups in total. The number of aliphatic imine (C=N–C) groups is 1. The van der Waals surface area contributed by atoms with E-state index in [9.17, 15) is 0 Å². The maximum Gasteiger partial charge on any atom is 0.191 e. The number of halogens is 1. The quantitative estimate of drug-likeness (QED) is 0.345. The van der Waals surface area contributed by atoms with Gasteiger partial charge in [0.15, 0.2) is 5.96 Å². The maximum absolute atomic E-state index is 5.40. The van der Waals surface area contributed by atoms with Crippen LogP contribution in [0.2, 0.25) is 0 Å². The molecule has 0 radical (unpaired) electrons. The highest BCUT2D eigenvalue weighted by Gasteiger charge is 2.13. The number of guanidine groups is 1. The van der Waals surface area contributed by atoms with Gasteiger partial charge in [0.1, 0.15) is 5.75 Å². The smallest absolute Gasteiger partial charge is 0.191 e. The van der Waals surface area contributed by atoms with Crippen molar-refractivity contribution in [3.63, 3.8) is 0 Å². The molecule has 0 heterocycles. The van der Waals surface area contributed by atoms with E-state index < -0.39 is 0 Å². The van der Waals surface area contributed by atoms with Crippen LogP contribution in [0.5, 0.6) is 5.75 Å². The average Bonchev–Trinajstić information content (AvgIpc) is 2.68. The Kier molecular flexibility index (Phi) is 10.8. The summed E-state index contributed by atoms with van der Waals surface area (Å²) < 4.78 is 5.40. The monoisotopic (exact) mass is 482 g/mol. The summed E-state index contributed by atoms with van der Waals surface area (Å²) in [4.78, 5) is 6.58. The Labute approximate surface area is 180 Å². The lowest BCUT2D eigenvalue weighted by atomic mass is 10.1. The van der Waals surface area contributed by atoms with Gasteiger partial charge in [-0.05, 0) is 32.1 Å². The van der Waals surface area contributed by atoms with Crippen LogP contribution < -0.4 is 15.4 Å². The van der Waals surface area contributed by atoms with Gasteiger partial charge >= 0.3 is 0 Å². The van der Waals surface area contributed by atoms with Gasteiger partial charge in [0, 0.05) is 31.7 Å². The van der Waals surface area contributed by atoms with E-state index in [1.54, 1.807) is 14.2 Å². The highest BCUT2D eigenvalue weighted by atomic mass is 127. The van der Waals surface area contributed by atoms with Crippen molar-refractivity contribution in [1.82, 2.24) is 15.5 Å². The standard InChI is InChI=1S/C21H30N4O.HI/c1-22-21(23-15-18-12-8-9-13-20(18)26-4)24-16-19(25(2)3)14-17-10-6-5-7-11-17;/h5-13,19H,14-16H2,1-4H3,(H2,22,23,24);1H. The molecule has 6 heteroatoms. The molecule has 0 saturated carbocycles. The lowest BCUT2D eigenvalue weighted by Crippen LogP contribution is -2.45. The second kappa shape index (κ2) is 12.6. The number of benzene rings is 2. The molecule has 2 aromatic carbocycles. The number of methoxy groups -OCH3 is 1. The molecular formula is C21H31IN4O. The van der Waals surface area contributed by atoms with Crippen molar-refractivity contribution in [3.8, 4) is 5.75 Å². The van der Waals surface area contributed by atoms with Crippen LogP contribution in [-0.2, 0) is 13.0 Å². The Bertz CT molecular complexity index is 692. The molecule has 0 amide bonds. The minimum atomic E-state index is 0. The number of nitrogens with one attached hydrogen (secondary N) is 2. The number of likely N-dealkylation sites (N-methyl/N-ethyl adjacent to an activating group) is 1. The fourth-order valence-corrected chi connectivity index (χ4v) is 2.79. The summed E-state index contributed by atoms with van der Waals surface area (Å²) in [5, 5.41) is 6.79. The van der Waals surface area contributed by atoms with Crippen molar-refractivity contribution in [2.24, 2.45) is 4.99 Å². The van der Waals surface area contributed by atoms with Gasteiger partial charge in [0.2, 0.25) is 0 Å². The summed E-state index contributed by atoms with van der Waals surface area (Å²) in [5.74, 6) is 1.67. The van der Waals surface area contributed by atoms with E-state index in [4.69, 9.17) is 4.74 Å². The van der Waals surface area contributed by atoms with Crippen LogP contribution in [0, 0.1) is 0 Å². The van der Waals surface area contributed by atoms with Crippen molar-refractivity contribution >= 4 is 29.9 Å². The third-order valence-electron chi connectivity index (χ3n) is 4.41. The van der Waals surface area contributed by atoms with Crippen LogP contribution in [0.15, 0.2) is 59.6 Å². The third-order valence-corrected chi connectivity index (χ3v) is 4.41. The summed E-state index contributed by atoms with van der Waals surface area (Å²) >= 11 is 0. The van der Waals surface area contributed by atoms with Crippen molar-refractivity contribution in [2.45, 2.75) is 19.0 Å². The van der Waals surface area contributed by atoms with E-state index in [1.807, 2.05) is 18.2 Å². The number of para-hydroxylation sites is 1. The topological polar surface area (TPSA) is 48.9 Å². The molecule has 0 bridgehead atoms. The van der Waals surface area contributed by atoms with Crippen molar-refractivity contribution < 1.29 is 4.74 Å². The molecule has 0 fully saturated rings. The molecule has 0 saturated heterocycles. The molecule has 5 nitrogen and oxygen atoms in total. The number of hydrogen-bond acceptors (Lipinski definition) is 3. The normalized spacial score (nSPS) is 12.3. The first-order valence-electron chi connectivity index (χ1n) is 8.90. The second-order valence-electron chi connectivity index (χ2n) is 6.43. The largest absolute Gasteiger partial charge is 0.496 e. The summed E-state index contributed by atoms with van der Waals surface area (Å²) in [7, 11) is 7.71. The zero-order valence-corrected chi connectivity index (χ0v) is 18.9. The Morgan fingerprint density at radius 2 is 1.70 bits per heavy atom. The minimum absolute atomic E-state index is 0. The number of hydrogen-bond donors (Lipinski definition) is 2. The van der Waals surface area contributed by atoms with Crippen LogP contribution in [0.1, 0.15) is 11.1 Å². The summed E-state index contributed by atoms with van der Waals surface area (Å²) in [6.07, 6.45) is 0.990. The van der Waals surface area contributed by atoms with E-state index in [1.165, 1.54) is 5.56 Å². The zero-order chi connectivity index (χ0) is 18.8. The maximum atomic E-state index is 5.40. The minimum Gasteiger partial charge on any atom is -0.496 e. The average molecular weight is 482 g/mol. The van der Waals surface area contributed by atoms with Gasteiger partial charge in [-0.2, -0.15) is 0 Å². The summed E-state index contributed by atoms with van der Waals surface area (Å²) in [5.41, 5.74) is 2.44. The molecule has 2 aromatic rings. The lowest BCUT2D eigenvalue weighted by Gasteiger charge is -2.26. The molecule has 0 aromatic heterocycles. The molecule has 0 aliphatic heterocycles. The highest BCUT2D eigenvalue weighted by Crippen LogP contribution is 2.16. The Balaban J connectivity index is 0.00000364. The fourth-order valence-electron chi connectivity index (χ4n) is 2.79. The highest BCUT2D eigenvalue weighted by molar-refractivity contribution is 14.0. The summed E-state index contributed by atoms with van der Waals surface area (Å²) in [6.45, 7) is 1.47. The summed E-state index contributed by atoms with van der Waals surface area (Å²) in [6, 6.07) is 19.0. The first-order chi connectivity index (χ1) is 12.6. The second-order valence-corrected chi connectivity index (χ2v) is 6.43. The molecule has 0 aliphatic rings. The van der Waals surface area contributed by atoms with Crippen LogP contribution >= 0.6 is 24.0 Å². The Morgan fingerprint density at radius 1 is 1.04 bits per heavy atom. The number of ether oxygens (including phenoxy) is 1. The van der Waals surface area contributed by atoms with Gasteiger partial charge in [-0.1, -0.05) is 48.5 Å². The fraction of sp³-hybridized carbons (Fsp3) is 0.381. The molecule has 27 heavy (non-hydrogen) atoms. The Hall–Kier alpha value is -1.80. The van der Waals surface area contributed by atoms with E-state index >= 15 is 0 Å². The first kappa shape index (κ1) is 23.2. The molecule has 148 valence electrons. The lowest BCUT2D eigenvalue weighted by molar-refractivity contribution is 0.290. The first-order valence-corrected chi connectivity index (χ1v) is 8.90. The third kappa shape index (κ3) is 7.76. The van der Waals surface area contributed by atoms with Crippen LogP contribution in [-0.4, -0.2) is 51.7 Å². The molecule has 0 spiro atoms. The van der Waals surface area contributed by atoms with Crippen molar-refractivity contribution in [3.05, 3.63) is 65.7 Å². The van der Waals surface area contributed by atoms with Gasteiger partial charge in [-0.25, -0.2) is 0 Å². The molecule has 0 aliphatic carbocycles. The van der Waals surface area contributed by atoms with Gasteiger partial charge < -0.3 is 20.3 Å². The Morgan fingerprint density at radius 3 is 2.33 bits per heavy atom. The van der Waals surface area contributed by atoms with Gasteiger partial charge in [0.05, 0.1) is 7.11 Å². The van der Waals surface area contributed by atoms with Gasteiger partial charge in [-0.15, -0.1) is 24.0 Å². The van der Waals surface area contributed by atoms with E-state index in [2.05, 4.69) is 71.0 Å². The van der Waals surface area contributed by atoms with E-state index in [0.717, 1.165) is 30.2 Å². The number of rotatable bonds is 8. The molecule has 2 rings (SSSR count). The van der Waals surface area contributed by atoms with Gasteiger partial charge in [0.25, 0.3) is 0 Å². The van der Waals surface area contributed by atoms with E-state index in [-0.39, 0.29) is 24.0 Å². The van der Waals surface area contributed by atoms with Crippen molar-refractivity contribution in [1.29, 1.82) is 0 Å². The van der Waals surface area contributed by atoms with Crippen LogP contribution in [0.4, 0.5) is 0 Å². The predicted molar refractivity (Wildman–Crippen MR) is 124 cm³/mol. The zero-order valence-electron chi connectivity index (χ0n) is 16.6. The molecular weight excluding hydrogens is 451 g/mol. The van der Waals surface area contributed by atoms with Gasteiger partial charge in [-0.3, -0.25) is 4.99 Å². The van der Waals surface area contributed by atoms with Crippen LogP contribution in [0.3, 0.4) is 0 Å². The number of nitrogens with zero attached hydrogens (tertiary/aromatic N) is 2. The predicted octanol–water partition coefficient (Wildman–Crippen LogP) is 3.15. The van der Waals surface area contributed by atoms with Crippen LogP contribution in [0.25, 0.3) is 0 Å². The van der Waals surface area contributed by atoms with E-state index in [0.29, 0.717) is 12.6 Å². The molecule has 1 atom stereocenters. The van der Waals surface area contributed by atoms with Crippen molar-refractivity contribution in [2.75, 3.05) is 34.8 Å².